The number of ether oxygens (including phenoxy) is 1. The highest BCUT2D eigenvalue weighted by Gasteiger charge is 2.65. The van der Waals surface area contributed by atoms with Crippen LogP contribution in [0.3, 0.4) is 0 Å². The van der Waals surface area contributed by atoms with Crippen molar-refractivity contribution in [3.05, 3.63) is 0 Å². The number of rotatable bonds is 2. The number of hydrogen-bond acceptors (Lipinski definition) is 3. The zero-order chi connectivity index (χ0) is 10.0. The fraction of sp³-hybridized carbons (Fsp3) is 1.00. The zero-order valence-electron chi connectivity index (χ0n) is 8.89. The second-order valence-electron chi connectivity index (χ2n) is 6.07. The highest BCUT2D eigenvalue weighted by Crippen LogP contribution is 2.62. The van der Waals surface area contributed by atoms with Crippen molar-refractivity contribution >= 4 is 0 Å². The molecule has 84 valence electrons. The SMILES string of the molecule is OOC1(C2CO2)C2CC3CC(C2)CC1C3. The van der Waals surface area contributed by atoms with Crippen LogP contribution in [-0.2, 0) is 9.62 Å². The normalized spacial score (nSPS) is 61.0. The standard InChI is InChI=1S/C12H18O3/c13-15-12(11-6-14-11)9-2-7-1-8(4-9)5-10(12)3-7/h7-11,13H,1-6H2. The lowest BCUT2D eigenvalue weighted by atomic mass is 9.49. The molecular weight excluding hydrogens is 192 g/mol. The Labute approximate surface area is 89.7 Å². The van der Waals surface area contributed by atoms with Crippen LogP contribution in [-0.4, -0.2) is 23.6 Å². The van der Waals surface area contributed by atoms with Crippen LogP contribution in [0.1, 0.15) is 32.1 Å². The molecule has 1 saturated heterocycles. The zero-order valence-corrected chi connectivity index (χ0v) is 8.89. The maximum Gasteiger partial charge on any atom is 0.137 e. The van der Waals surface area contributed by atoms with E-state index in [1.807, 2.05) is 0 Å². The third-order valence-electron chi connectivity index (χ3n) is 5.41. The van der Waals surface area contributed by atoms with E-state index in [4.69, 9.17) is 9.62 Å². The lowest BCUT2D eigenvalue weighted by Gasteiger charge is -2.58. The van der Waals surface area contributed by atoms with Gasteiger partial charge in [-0.1, -0.05) is 0 Å². The molecule has 15 heavy (non-hydrogen) atoms. The Morgan fingerprint density at radius 2 is 1.53 bits per heavy atom. The van der Waals surface area contributed by atoms with Gasteiger partial charge in [-0.15, -0.1) is 0 Å². The third-order valence-corrected chi connectivity index (χ3v) is 5.41. The van der Waals surface area contributed by atoms with Crippen molar-refractivity contribution in [2.45, 2.75) is 43.8 Å². The van der Waals surface area contributed by atoms with Crippen LogP contribution in [0, 0.1) is 23.7 Å². The Morgan fingerprint density at radius 3 is 1.93 bits per heavy atom. The molecule has 0 aromatic rings. The molecule has 1 aliphatic heterocycles. The topological polar surface area (TPSA) is 42.0 Å². The van der Waals surface area contributed by atoms with Crippen molar-refractivity contribution in [3.8, 4) is 0 Å². The van der Waals surface area contributed by atoms with Crippen LogP contribution in [0.25, 0.3) is 0 Å². The first kappa shape index (κ1) is 8.97. The van der Waals surface area contributed by atoms with Gasteiger partial charge in [0.25, 0.3) is 0 Å². The maximum absolute atomic E-state index is 9.38. The first-order valence-electron chi connectivity index (χ1n) is 6.27. The van der Waals surface area contributed by atoms with E-state index in [-0.39, 0.29) is 11.7 Å². The first-order chi connectivity index (χ1) is 7.33. The average molecular weight is 210 g/mol. The van der Waals surface area contributed by atoms with Crippen molar-refractivity contribution < 1.29 is 14.9 Å². The van der Waals surface area contributed by atoms with Gasteiger partial charge in [0.1, 0.15) is 11.7 Å². The summed E-state index contributed by atoms with van der Waals surface area (Å²) in [6.45, 7) is 0.795. The van der Waals surface area contributed by atoms with Gasteiger partial charge in [0.05, 0.1) is 6.61 Å². The molecule has 5 aliphatic rings. The molecule has 4 aliphatic carbocycles. The van der Waals surface area contributed by atoms with Crippen LogP contribution >= 0.6 is 0 Å². The lowest BCUT2D eigenvalue weighted by molar-refractivity contribution is -0.380. The molecule has 3 heteroatoms. The monoisotopic (exact) mass is 210 g/mol. The fourth-order valence-corrected chi connectivity index (χ4v) is 4.96. The predicted molar refractivity (Wildman–Crippen MR) is 53.2 cm³/mol. The Hall–Kier alpha value is -0.120. The van der Waals surface area contributed by atoms with Crippen molar-refractivity contribution in [1.29, 1.82) is 0 Å². The van der Waals surface area contributed by atoms with E-state index in [0.29, 0.717) is 11.8 Å². The van der Waals surface area contributed by atoms with Crippen LogP contribution < -0.4 is 0 Å². The largest absolute Gasteiger partial charge is 0.370 e. The summed E-state index contributed by atoms with van der Waals surface area (Å²) >= 11 is 0. The van der Waals surface area contributed by atoms with Crippen LogP contribution in [0.15, 0.2) is 0 Å². The molecule has 0 spiro atoms. The molecule has 0 aromatic heterocycles. The molecular formula is C12H18O3. The molecule has 0 aromatic carbocycles. The van der Waals surface area contributed by atoms with Crippen molar-refractivity contribution in [2.24, 2.45) is 23.7 Å². The lowest BCUT2D eigenvalue weighted by Crippen LogP contribution is -2.61. The summed E-state index contributed by atoms with van der Waals surface area (Å²) in [6, 6.07) is 0. The average Bonchev–Trinajstić information content (AvgIpc) is 3.02. The van der Waals surface area contributed by atoms with Gasteiger partial charge in [-0.25, -0.2) is 4.89 Å². The summed E-state index contributed by atoms with van der Waals surface area (Å²) in [5, 5.41) is 9.38. The second-order valence-corrected chi connectivity index (χ2v) is 6.07. The predicted octanol–water partition coefficient (Wildman–Crippen LogP) is 2.07. The van der Waals surface area contributed by atoms with Gasteiger partial charge in [0.15, 0.2) is 0 Å². The van der Waals surface area contributed by atoms with E-state index in [9.17, 15) is 5.26 Å². The Kier molecular flexibility index (Phi) is 1.65. The summed E-state index contributed by atoms with van der Waals surface area (Å²) in [4.78, 5) is 5.01. The molecule has 5 rings (SSSR count). The minimum absolute atomic E-state index is 0.192. The van der Waals surface area contributed by atoms with E-state index >= 15 is 0 Å². The van der Waals surface area contributed by atoms with E-state index < -0.39 is 0 Å². The highest BCUT2D eigenvalue weighted by molar-refractivity contribution is 5.13. The van der Waals surface area contributed by atoms with Crippen molar-refractivity contribution in [2.75, 3.05) is 6.61 Å². The van der Waals surface area contributed by atoms with Crippen molar-refractivity contribution in [1.82, 2.24) is 0 Å². The van der Waals surface area contributed by atoms with E-state index in [0.717, 1.165) is 18.4 Å². The summed E-state index contributed by atoms with van der Waals surface area (Å²) in [5.41, 5.74) is -0.312. The van der Waals surface area contributed by atoms with Gasteiger partial charge in [-0.05, 0) is 55.8 Å². The Balaban J connectivity index is 1.73. The third kappa shape index (κ3) is 1.02. The first-order valence-corrected chi connectivity index (χ1v) is 6.27. The van der Waals surface area contributed by atoms with Crippen molar-refractivity contribution in [3.63, 3.8) is 0 Å². The van der Waals surface area contributed by atoms with Gasteiger partial charge in [-0.2, -0.15) is 0 Å². The molecule has 4 bridgehead atoms. The molecule has 5 fully saturated rings. The fourth-order valence-electron chi connectivity index (χ4n) is 4.96. The minimum atomic E-state index is -0.312. The van der Waals surface area contributed by atoms with Gasteiger partial charge in [0, 0.05) is 0 Å². The molecule has 1 N–H and O–H groups in total. The van der Waals surface area contributed by atoms with Gasteiger partial charge in [0.2, 0.25) is 0 Å². The summed E-state index contributed by atoms with van der Waals surface area (Å²) in [5.74, 6) is 2.95. The van der Waals surface area contributed by atoms with Crippen LogP contribution in [0.2, 0.25) is 0 Å². The Bertz CT molecular complexity index is 257. The maximum atomic E-state index is 9.38. The highest BCUT2D eigenvalue weighted by atomic mass is 17.1. The molecule has 0 radical (unpaired) electrons. The minimum Gasteiger partial charge on any atom is -0.370 e. The van der Waals surface area contributed by atoms with Crippen LogP contribution in [0.5, 0.6) is 0 Å². The van der Waals surface area contributed by atoms with Crippen LogP contribution in [0.4, 0.5) is 0 Å². The summed E-state index contributed by atoms with van der Waals surface area (Å²) in [6.07, 6.45) is 6.65. The molecule has 1 heterocycles. The molecule has 4 saturated carbocycles. The Morgan fingerprint density at radius 1 is 1.00 bits per heavy atom. The number of hydrogen-bond donors (Lipinski definition) is 1. The molecule has 3 nitrogen and oxygen atoms in total. The molecule has 0 amide bonds. The smallest absolute Gasteiger partial charge is 0.137 e. The van der Waals surface area contributed by atoms with E-state index in [1.54, 1.807) is 0 Å². The van der Waals surface area contributed by atoms with Gasteiger partial charge < -0.3 is 4.74 Å². The second kappa shape index (κ2) is 2.76. The quantitative estimate of drug-likeness (QED) is 0.431. The van der Waals surface area contributed by atoms with E-state index in [2.05, 4.69) is 0 Å². The van der Waals surface area contributed by atoms with Gasteiger partial charge >= 0.3 is 0 Å². The summed E-state index contributed by atoms with van der Waals surface area (Å²) < 4.78 is 5.44. The molecule has 1 atom stereocenters. The van der Waals surface area contributed by atoms with E-state index in [1.165, 1.54) is 32.1 Å². The number of epoxide rings is 1. The van der Waals surface area contributed by atoms with Gasteiger partial charge in [-0.3, -0.25) is 5.26 Å². The molecule has 1 unspecified atom stereocenters. The summed E-state index contributed by atoms with van der Waals surface area (Å²) in [7, 11) is 0.